The summed E-state index contributed by atoms with van der Waals surface area (Å²) in [6.07, 6.45) is 8.47. The number of anilines is 1. The molecular formula is C18H28N4O. The molecule has 23 heavy (non-hydrogen) atoms. The lowest BCUT2D eigenvalue weighted by atomic mass is 10.1. The summed E-state index contributed by atoms with van der Waals surface area (Å²) in [5, 5.41) is 6.12. The number of hydrogen-bond acceptors (Lipinski definition) is 2. The summed E-state index contributed by atoms with van der Waals surface area (Å²) in [6, 6.07) is 8.32. The van der Waals surface area contributed by atoms with Crippen LogP contribution in [-0.2, 0) is 11.2 Å². The number of nitrogens with one attached hydrogen (secondary N) is 2. The lowest BCUT2D eigenvalue weighted by Crippen LogP contribution is -2.40. The highest BCUT2D eigenvalue weighted by atomic mass is 16.1. The molecule has 0 atom stereocenters. The van der Waals surface area contributed by atoms with Crippen LogP contribution in [0, 0.1) is 0 Å². The van der Waals surface area contributed by atoms with E-state index in [2.05, 4.69) is 15.6 Å². The molecule has 1 amide bonds. The van der Waals surface area contributed by atoms with Crippen LogP contribution in [0.25, 0.3) is 0 Å². The van der Waals surface area contributed by atoms with Crippen molar-refractivity contribution >= 4 is 17.6 Å². The van der Waals surface area contributed by atoms with E-state index in [1.165, 1.54) is 51.0 Å². The normalized spacial score (nSPS) is 16.7. The smallest absolute Gasteiger partial charge is 0.221 e. The highest BCUT2D eigenvalue weighted by Crippen LogP contribution is 2.17. The highest BCUT2D eigenvalue weighted by Gasteiger charge is 2.12. The van der Waals surface area contributed by atoms with Gasteiger partial charge >= 0.3 is 0 Å². The van der Waals surface area contributed by atoms with Crippen LogP contribution in [-0.4, -0.2) is 24.5 Å². The third-order valence-corrected chi connectivity index (χ3v) is 4.16. The predicted molar refractivity (Wildman–Crippen MR) is 95.6 cm³/mol. The Kier molecular flexibility index (Phi) is 6.91. The topological polar surface area (TPSA) is 79.5 Å². The molecule has 1 saturated carbocycles. The number of carbonyl (C=O) groups is 1. The van der Waals surface area contributed by atoms with E-state index in [-0.39, 0.29) is 5.91 Å². The maximum Gasteiger partial charge on any atom is 0.221 e. The minimum Gasteiger partial charge on any atom is -0.370 e. The molecule has 1 aromatic rings. The summed E-state index contributed by atoms with van der Waals surface area (Å²) in [4.78, 5) is 15.4. The van der Waals surface area contributed by atoms with Crippen molar-refractivity contribution in [2.75, 3.05) is 11.9 Å². The molecule has 5 nitrogen and oxygen atoms in total. The van der Waals surface area contributed by atoms with Crippen LogP contribution in [0.2, 0.25) is 0 Å². The fraction of sp³-hybridized carbons (Fsp3) is 0.556. The van der Waals surface area contributed by atoms with Gasteiger partial charge in [0.2, 0.25) is 5.91 Å². The molecule has 4 N–H and O–H groups in total. The number of amides is 1. The van der Waals surface area contributed by atoms with Crippen LogP contribution in [0.5, 0.6) is 0 Å². The van der Waals surface area contributed by atoms with Crippen molar-refractivity contribution in [1.29, 1.82) is 0 Å². The van der Waals surface area contributed by atoms with Gasteiger partial charge < -0.3 is 16.4 Å². The quantitative estimate of drug-likeness (QED) is 0.444. The summed E-state index contributed by atoms with van der Waals surface area (Å²) in [5.41, 5.74) is 7.99. The van der Waals surface area contributed by atoms with Crippen molar-refractivity contribution in [2.24, 2.45) is 10.7 Å². The van der Waals surface area contributed by atoms with Crippen molar-refractivity contribution in [3.63, 3.8) is 0 Å². The zero-order chi connectivity index (χ0) is 16.5. The summed E-state index contributed by atoms with van der Waals surface area (Å²) in [5.74, 6) is 0.506. The third-order valence-electron chi connectivity index (χ3n) is 4.16. The molecule has 126 valence electrons. The number of guanidine groups is 1. The van der Waals surface area contributed by atoms with Crippen molar-refractivity contribution in [3.05, 3.63) is 29.8 Å². The van der Waals surface area contributed by atoms with Gasteiger partial charge in [0.1, 0.15) is 0 Å². The van der Waals surface area contributed by atoms with Crippen molar-refractivity contribution < 1.29 is 4.79 Å². The van der Waals surface area contributed by atoms with Gasteiger partial charge in [-0.05, 0) is 37.0 Å². The fourth-order valence-corrected chi connectivity index (χ4v) is 2.94. The number of nitrogens with zero attached hydrogens (tertiary/aromatic N) is 1. The molecule has 0 saturated heterocycles. The summed E-state index contributed by atoms with van der Waals surface area (Å²) in [7, 11) is 0. The second kappa shape index (κ2) is 9.18. The van der Waals surface area contributed by atoms with E-state index in [1.807, 2.05) is 24.3 Å². The fourth-order valence-electron chi connectivity index (χ4n) is 2.94. The molecule has 1 aromatic carbocycles. The number of rotatable bonds is 5. The first kappa shape index (κ1) is 17.3. The molecule has 1 fully saturated rings. The predicted octanol–water partition coefficient (Wildman–Crippen LogP) is 2.81. The van der Waals surface area contributed by atoms with Crippen LogP contribution < -0.4 is 16.4 Å². The molecule has 0 radical (unpaired) electrons. The van der Waals surface area contributed by atoms with Gasteiger partial charge in [-0.15, -0.1) is 0 Å². The Bertz CT molecular complexity index is 516. The van der Waals surface area contributed by atoms with Gasteiger partial charge in [-0.2, -0.15) is 0 Å². The molecule has 1 aliphatic carbocycles. The first-order valence-electron chi connectivity index (χ1n) is 8.56. The third kappa shape index (κ3) is 6.72. The Balaban J connectivity index is 1.75. The lowest BCUT2D eigenvalue weighted by Gasteiger charge is -2.16. The minimum atomic E-state index is -0.0558. The molecule has 5 heteroatoms. The number of hydrogen-bond donors (Lipinski definition) is 3. The van der Waals surface area contributed by atoms with E-state index in [1.54, 1.807) is 0 Å². The average Bonchev–Trinajstić information content (AvgIpc) is 2.77. The molecule has 2 rings (SSSR count). The first-order valence-corrected chi connectivity index (χ1v) is 8.56. The SMILES string of the molecule is CC(=O)Nc1ccc(CCN=C(N)NC2CCCCCC2)cc1. The van der Waals surface area contributed by atoms with Gasteiger partial charge in [-0.1, -0.05) is 37.8 Å². The van der Waals surface area contributed by atoms with Crippen LogP contribution in [0.1, 0.15) is 51.0 Å². The molecule has 1 aliphatic rings. The molecule has 0 aromatic heterocycles. The number of benzene rings is 1. The zero-order valence-electron chi connectivity index (χ0n) is 14.0. The van der Waals surface area contributed by atoms with Crippen LogP contribution in [0.15, 0.2) is 29.3 Å². The summed E-state index contributed by atoms with van der Waals surface area (Å²) in [6.45, 7) is 2.18. The number of carbonyl (C=O) groups excluding carboxylic acids is 1. The second-order valence-electron chi connectivity index (χ2n) is 6.23. The van der Waals surface area contributed by atoms with E-state index < -0.39 is 0 Å². The Labute approximate surface area is 138 Å². The Morgan fingerprint density at radius 1 is 1.17 bits per heavy atom. The number of aliphatic imine (C=N–C) groups is 1. The Morgan fingerprint density at radius 3 is 2.43 bits per heavy atom. The maximum atomic E-state index is 11.0. The van der Waals surface area contributed by atoms with Crippen LogP contribution >= 0.6 is 0 Å². The molecular weight excluding hydrogens is 288 g/mol. The largest absolute Gasteiger partial charge is 0.370 e. The van der Waals surface area contributed by atoms with E-state index in [4.69, 9.17) is 5.73 Å². The minimum absolute atomic E-state index is 0.0558. The van der Waals surface area contributed by atoms with E-state index in [9.17, 15) is 4.79 Å². The molecule has 0 unspecified atom stereocenters. The standard InChI is InChI=1S/C18H28N4O/c1-14(23)21-17-10-8-15(9-11-17)12-13-20-18(19)22-16-6-4-2-3-5-7-16/h8-11,16H,2-7,12-13H2,1H3,(H,21,23)(H3,19,20,22). The molecule has 0 bridgehead atoms. The maximum absolute atomic E-state index is 11.0. The van der Waals surface area contributed by atoms with Crippen molar-refractivity contribution in [3.8, 4) is 0 Å². The van der Waals surface area contributed by atoms with Crippen LogP contribution in [0.4, 0.5) is 5.69 Å². The molecule has 0 aliphatic heterocycles. The highest BCUT2D eigenvalue weighted by molar-refractivity contribution is 5.88. The van der Waals surface area contributed by atoms with E-state index in [0.717, 1.165) is 12.1 Å². The summed E-state index contributed by atoms with van der Waals surface area (Å²) >= 11 is 0. The zero-order valence-corrected chi connectivity index (χ0v) is 14.0. The Morgan fingerprint density at radius 2 is 1.83 bits per heavy atom. The monoisotopic (exact) mass is 316 g/mol. The van der Waals surface area contributed by atoms with Gasteiger partial charge in [-0.25, -0.2) is 0 Å². The summed E-state index contributed by atoms with van der Waals surface area (Å²) < 4.78 is 0. The first-order chi connectivity index (χ1) is 11.1. The van der Waals surface area contributed by atoms with Gasteiger partial charge in [0.25, 0.3) is 0 Å². The lowest BCUT2D eigenvalue weighted by molar-refractivity contribution is -0.114. The van der Waals surface area contributed by atoms with Gasteiger partial charge in [-0.3, -0.25) is 9.79 Å². The van der Waals surface area contributed by atoms with Crippen LogP contribution in [0.3, 0.4) is 0 Å². The van der Waals surface area contributed by atoms with Crippen molar-refractivity contribution in [2.45, 2.75) is 57.9 Å². The van der Waals surface area contributed by atoms with Gasteiger partial charge in [0.05, 0.1) is 0 Å². The second-order valence-corrected chi connectivity index (χ2v) is 6.23. The van der Waals surface area contributed by atoms with Crippen molar-refractivity contribution in [1.82, 2.24) is 5.32 Å². The number of nitrogens with two attached hydrogens (primary N) is 1. The van der Waals surface area contributed by atoms with Gasteiger partial charge in [0, 0.05) is 25.2 Å². The Hall–Kier alpha value is -2.04. The van der Waals surface area contributed by atoms with E-state index in [0.29, 0.717) is 18.5 Å². The average molecular weight is 316 g/mol. The molecule has 0 heterocycles. The molecule has 0 spiro atoms. The van der Waals surface area contributed by atoms with Gasteiger partial charge in [0.15, 0.2) is 5.96 Å². The van der Waals surface area contributed by atoms with E-state index >= 15 is 0 Å².